The minimum absolute atomic E-state index is 0.0360. The number of carbonyl (C=O) groups excluding carboxylic acids is 2. The molecule has 0 bridgehead atoms. The fourth-order valence-electron chi connectivity index (χ4n) is 4.66. The Morgan fingerprint density at radius 1 is 1.09 bits per heavy atom. The first-order valence-corrected chi connectivity index (χ1v) is 12.1. The zero-order chi connectivity index (χ0) is 23.4. The molecule has 0 aliphatic carbocycles. The number of fused-ring (bicyclic) bond motifs is 1. The van der Waals surface area contributed by atoms with Gasteiger partial charge in [0.25, 0.3) is 5.91 Å². The smallest absolute Gasteiger partial charge is 0.251 e. The van der Waals surface area contributed by atoms with Crippen LogP contribution in [-0.2, 0) is 11.3 Å². The number of amides is 2. The van der Waals surface area contributed by atoms with Gasteiger partial charge >= 0.3 is 0 Å². The lowest BCUT2D eigenvalue weighted by Crippen LogP contribution is -2.40. The highest BCUT2D eigenvalue weighted by atomic mass is 16.2. The van der Waals surface area contributed by atoms with Gasteiger partial charge in [0.15, 0.2) is 0 Å². The predicted octanol–water partition coefficient (Wildman–Crippen LogP) is 4.42. The van der Waals surface area contributed by atoms with Crippen molar-refractivity contribution in [2.75, 3.05) is 30.3 Å². The van der Waals surface area contributed by atoms with Crippen LogP contribution >= 0.6 is 0 Å². The van der Waals surface area contributed by atoms with Crippen LogP contribution in [0, 0.1) is 18.8 Å². The van der Waals surface area contributed by atoms with Gasteiger partial charge in [-0.05, 0) is 74.9 Å². The van der Waals surface area contributed by atoms with Crippen molar-refractivity contribution in [3.63, 3.8) is 0 Å². The standard InChI is InChI=1S/C27H36N4O2/c1-18(2)14-25-27(33)30-24-15-22(8-9-23(24)29-25)26(32)28-16-20-10-12-31(13-11-20)17-21-6-4-19(3)5-7-21/h4-9,15,18,20,25,29H,10-14,16-17H2,1-3H3,(H,28,32)(H,30,33). The molecule has 2 aliphatic rings. The fraction of sp³-hybridized carbons (Fsp3) is 0.481. The Hall–Kier alpha value is -2.86. The van der Waals surface area contributed by atoms with Crippen molar-refractivity contribution in [2.24, 2.45) is 11.8 Å². The summed E-state index contributed by atoms with van der Waals surface area (Å²) in [7, 11) is 0. The summed E-state index contributed by atoms with van der Waals surface area (Å²) in [5.41, 5.74) is 4.78. The van der Waals surface area contributed by atoms with E-state index in [2.05, 4.69) is 65.9 Å². The number of aryl methyl sites for hydroxylation is 1. The van der Waals surface area contributed by atoms with E-state index >= 15 is 0 Å². The third-order valence-electron chi connectivity index (χ3n) is 6.68. The van der Waals surface area contributed by atoms with Crippen molar-refractivity contribution in [1.29, 1.82) is 0 Å². The number of benzene rings is 2. The van der Waals surface area contributed by atoms with Crippen LogP contribution in [0.4, 0.5) is 11.4 Å². The van der Waals surface area contributed by atoms with Gasteiger partial charge in [-0.15, -0.1) is 0 Å². The number of carbonyl (C=O) groups is 2. The number of piperidine rings is 1. The van der Waals surface area contributed by atoms with Gasteiger partial charge in [-0.25, -0.2) is 0 Å². The van der Waals surface area contributed by atoms with Gasteiger partial charge in [-0.3, -0.25) is 14.5 Å². The zero-order valence-electron chi connectivity index (χ0n) is 20.0. The van der Waals surface area contributed by atoms with Crippen LogP contribution in [0.1, 0.15) is 54.6 Å². The van der Waals surface area contributed by atoms with E-state index < -0.39 is 0 Å². The van der Waals surface area contributed by atoms with Crippen molar-refractivity contribution in [3.05, 3.63) is 59.2 Å². The molecule has 3 N–H and O–H groups in total. The first-order valence-electron chi connectivity index (χ1n) is 12.1. The molecule has 0 aromatic heterocycles. The Labute approximate surface area is 197 Å². The molecule has 1 unspecified atom stereocenters. The third-order valence-corrected chi connectivity index (χ3v) is 6.68. The molecule has 6 nitrogen and oxygen atoms in total. The summed E-state index contributed by atoms with van der Waals surface area (Å²) in [6.45, 7) is 10.1. The molecular formula is C27H36N4O2. The van der Waals surface area contributed by atoms with Gasteiger partial charge in [0.2, 0.25) is 5.91 Å². The molecule has 176 valence electrons. The highest BCUT2D eigenvalue weighted by Gasteiger charge is 2.27. The number of hydrogen-bond acceptors (Lipinski definition) is 4. The molecule has 6 heteroatoms. The molecule has 2 heterocycles. The van der Waals surface area contributed by atoms with E-state index in [4.69, 9.17) is 0 Å². The first-order chi connectivity index (χ1) is 15.9. The largest absolute Gasteiger partial charge is 0.372 e. The van der Waals surface area contributed by atoms with Crippen molar-refractivity contribution < 1.29 is 9.59 Å². The van der Waals surface area contributed by atoms with Crippen LogP contribution in [0.2, 0.25) is 0 Å². The molecule has 1 fully saturated rings. The number of nitrogens with zero attached hydrogens (tertiary/aromatic N) is 1. The minimum atomic E-state index is -0.228. The maximum absolute atomic E-state index is 12.7. The Balaban J connectivity index is 1.25. The Morgan fingerprint density at radius 3 is 2.52 bits per heavy atom. The van der Waals surface area contributed by atoms with Gasteiger partial charge < -0.3 is 16.0 Å². The second-order valence-corrected chi connectivity index (χ2v) is 9.99. The van der Waals surface area contributed by atoms with E-state index in [1.165, 1.54) is 11.1 Å². The first kappa shape index (κ1) is 23.3. The van der Waals surface area contributed by atoms with Crippen LogP contribution < -0.4 is 16.0 Å². The summed E-state index contributed by atoms with van der Waals surface area (Å²) in [6, 6.07) is 14.0. The number of rotatable bonds is 7. The van der Waals surface area contributed by atoms with Gasteiger partial charge in [0, 0.05) is 18.7 Å². The molecule has 33 heavy (non-hydrogen) atoms. The van der Waals surface area contributed by atoms with Crippen molar-refractivity contribution in [2.45, 2.75) is 52.6 Å². The summed E-state index contributed by atoms with van der Waals surface area (Å²) < 4.78 is 0. The van der Waals surface area contributed by atoms with Crippen LogP contribution in [-0.4, -0.2) is 42.4 Å². The quantitative estimate of drug-likeness (QED) is 0.586. The Bertz CT molecular complexity index is 978. The monoisotopic (exact) mass is 448 g/mol. The molecular weight excluding hydrogens is 412 g/mol. The van der Waals surface area contributed by atoms with E-state index in [0.29, 0.717) is 29.6 Å². The van der Waals surface area contributed by atoms with E-state index in [1.54, 1.807) is 6.07 Å². The Morgan fingerprint density at radius 2 is 1.82 bits per heavy atom. The molecule has 1 atom stereocenters. The molecule has 4 rings (SSSR count). The third kappa shape index (κ3) is 6.14. The maximum atomic E-state index is 12.7. The van der Waals surface area contributed by atoms with E-state index in [1.807, 2.05) is 12.1 Å². The number of anilines is 2. The maximum Gasteiger partial charge on any atom is 0.251 e. The molecule has 0 spiro atoms. The average Bonchev–Trinajstić information content (AvgIpc) is 2.80. The summed E-state index contributed by atoms with van der Waals surface area (Å²) in [4.78, 5) is 27.6. The molecule has 2 aromatic carbocycles. The highest BCUT2D eigenvalue weighted by Crippen LogP contribution is 2.29. The van der Waals surface area contributed by atoms with Crippen molar-refractivity contribution >= 4 is 23.2 Å². The highest BCUT2D eigenvalue weighted by molar-refractivity contribution is 6.05. The Kier molecular flexibility index (Phi) is 7.33. The van der Waals surface area contributed by atoms with Gasteiger partial charge in [-0.1, -0.05) is 43.7 Å². The zero-order valence-corrected chi connectivity index (χ0v) is 20.0. The number of likely N-dealkylation sites (tertiary alicyclic amines) is 1. The molecule has 2 amide bonds. The van der Waals surface area contributed by atoms with Gasteiger partial charge in [0.05, 0.1) is 11.4 Å². The van der Waals surface area contributed by atoms with Crippen LogP contribution in [0.5, 0.6) is 0 Å². The number of hydrogen-bond donors (Lipinski definition) is 3. The molecule has 2 aliphatic heterocycles. The van der Waals surface area contributed by atoms with Crippen molar-refractivity contribution in [3.8, 4) is 0 Å². The lowest BCUT2D eigenvalue weighted by atomic mass is 9.96. The van der Waals surface area contributed by atoms with E-state index in [-0.39, 0.29) is 17.9 Å². The number of nitrogens with one attached hydrogen (secondary N) is 3. The van der Waals surface area contributed by atoms with Crippen molar-refractivity contribution in [1.82, 2.24) is 10.2 Å². The molecule has 0 radical (unpaired) electrons. The predicted molar refractivity (Wildman–Crippen MR) is 133 cm³/mol. The summed E-state index contributed by atoms with van der Waals surface area (Å²) in [6.07, 6.45) is 2.96. The minimum Gasteiger partial charge on any atom is -0.372 e. The van der Waals surface area contributed by atoms with Crippen LogP contribution in [0.15, 0.2) is 42.5 Å². The topological polar surface area (TPSA) is 73.5 Å². The second kappa shape index (κ2) is 10.4. The fourth-order valence-corrected chi connectivity index (χ4v) is 4.66. The SMILES string of the molecule is Cc1ccc(CN2CCC(CNC(=O)c3ccc4c(c3)NC(=O)C(CC(C)C)N4)CC2)cc1. The summed E-state index contributed by atoms with van der Waals surface area (Å²) >= 11 is 0. The van der Waals surface area contributed by atoms with E-state index in [9.17, 15) is 9.59 Å². The lowest BCUT2D eigenvalue weighted by molar-refractivity contribution is -0.117. The second-order valence-electron chi connectivity index (χ2n) is 9.99. The van der Waals surface area contributed by atoms with E-state index in [0.717, 1.165) is 44.6 Å². The average molecular weight is 449 g/mol. The lowest BCUT2D eigenvalue weighted by Gasteiger charge is -2.32. The summed E-state index contributed by atoms with van der Waals surface area (Å²) in [5, 5.41) is 9.36. The summed E-state index contributed by atoms with van der Waals surface area (Å²) in [5.74, 6) is 0.804. The van der Waals surface area contributed by atoms with Crippen LogP contribution in [0.3, 0.4) is 0 Å². The normalized spacial score (nSPS) is 19.0. The molecule has 2 aromatic rings. The molecule has 0 saturated carbocycles. The molecule has 1 saturated heterocycles. The van der Waals surface area contributed by atoms with Gasteiger partial charge in [0.1, 0.15) is 6.04 Å². The van der Waals surface area contributed by atoms with Crippen LogP contribution in [0.25, 0.3) is 0 Å². The van der Waals surface area contributed by atoms with Gasteiger partial charge in [-0.2, -0.15) is 0 Å².